The summed E-state index contributed by atoms with van der Waals surface area (Å²) in [6, 6.07) is 2.16. The highest BCUT2D eigenvalue weighted by Gasteiger charge is 2.09. The number of nitriles is 1. The van der Waals surface area contributed by atoms with E-state index >= 15 is 0 Å². The molecule has 16 heavy (non-hydrogen) atoms. The zero-order valence-electron chi connectivity index (χ0n) is 9.91. The van der Waals surface area contributed by atoms with Crippen molar-refractivity contribution in [2.24, 2.45) is 0 Å². The molecule has 0 amide bonds. The van der Waals surface area contributed by atoms with Crippen LogP contribution in [0.15, 0.2) is 9.64 Å². The van der Waals surface area contributed by atoms with Crippen LogP contribution in [0.3, 0.4) is 0 Å². The number of nitrogens with zero attached hydrogens (tertiary/aromatic N) is 2. The Morgan fingerprint density at radius 1 is 1.56 bits per heavy atom. The van der Waals surface area contributed by atoms with Crippen LogP contribution in [0.2, 0.25) is 0 Å². The molecule has 1 unspecified atom stereocenters. The summed E-state index contributed by atoms with van der Waals surface area (Å²) in [4.78, 5) is 4.27. The second kappa shape index (κ2) is 6.56. The first-order chi connectivity index (χ1) is 7.67. The Balaban J connectivity index is 2.32. The first kappa shape index (κ1) is 13.1. The molecule has 0 saturated carbocycles. The van der Waals surface area contributed by atoms with Gasteiger partial charge in [-0.25, -0.2) is 4.98 Å². The minimum absolute atomic E-state index is 0.0744. The number of oxazole rings is 1. The average Bonchev–Trinajstić information content (AvgIpc) is 2.57. The van der Waals surface area contributed by atoms with Crippen molar-refractivity contribution in [2.45, 2.75) is 38.5 Å². The minimum Gasteiger partial charge on any atom is -0.437 e. The van der Waals surface area contributed by atoms with E-state index in [0.717, 1.165) is 30.2 Å². The quantitative estimate of drug-likeness (QED) is 0.772. The number of rotatable bonds is 6. The molecule has 0 aliphatic rings. The third-order valence-electron chi connectivity index (χ3n) is 2.25. The van der Waals surface area contributed by atoms with E-state index in [1.807, 2.05) is 20.8 Å². The highest BCUT2D eigenvalue weighted by molar-refractivity contribution is 7.99. The Bertz CT molecular complexity index is 350. The monoisotopic (exact) mass is 239 g/mol. The lowest BCUT2D eigenvalue weighted by atomic mass is 10.2. The number of thioether (sulfide) groups is 1. The van der Waals surface area contributed by atoms with Gasteiger partial charge in [-0.05, 0) is 26.8 Å². The number of aryl methyl sites for hydroxylation is 2. The summed E-state index contributed by atoms with van der Waals surface area (Å²) in [5, 5.41) is 12.6. The molecule has 0 aromatic carbocycles. The fraction of sp³-hybridized carbons (Fsp3) is 0.636. The molecule has 0 aliphatic carbocycles. The van der Waals surface area contributed by atoms with Gasteiger partial charge in [0.25, 0.3) is 5.22 Å². The van der Waals surface area contributed by atoms with Gasteiger partial charge < -0.3 is 9.73 Å². The van der Waals surface area contributed by atoms with Crippen LogP contribution in [0.25, 0.3) is 0 Å². The molecule has 0 radical (unpaired) electrons. The summed E-state index contributed by atoms with van der Waals surface area (Å²) >= 11 is 1.56. The highest BCUT2D eigenvalue weighted by atomic mass is 32.2. The first-order valence-electron chi connectivity index (χ1n) is 5.37. The van der Waals surface area contributed by atoms with Crippen molar-refractivity contribution in [2.75, 3.05) is 12.3 Å². The van der Waals surface area contributed by atoms with Gasteiger partial charge in [0, 0.05) is 5.75 Å². The minimum atomic E-state index is -0.0744. The third kappa shape index (κ3) is 3.87. The molecule has 1 N–H and O–H groups in total. The predicted octanol–water partition coefficient (Wildman–Crippen LogP) is 2.28. The number of hydrogen-bond acceptors (Lipinski definition) is 5. The van der Waals surface area contributed by atoms with E-state index in [-0.39, 0.29) is 6.04 Å². The smallest absolute Gasteiger partial charge is 0.256 e. The molecule has 0 aliphatic heterocycles. The Morgan fingerprint density at radius 3 is 2.81 bits per heavy atom. The predicted molar refractivity (Wildman–Crippen MR) is 64.4 cm³/mol. The van der Waals surface area contributed by atoms with E-state index in [2.05, 4.69) is 16.4 Å². The Morgan fingerprint density at radius 2 is 2.31 bits per heavy atom. The second-order valence-electron chi connectivity index (χ2n) is 3.50. The topological polar surface area (TPSA) is 61.9 Å². The summed E-state index contributed by atoms with van der Waals surface area (Å²) < 4.78 is 5.44. The van der Waals surface area contributed by atoms with Gasteiger partial charge in [-0.3, -0.25) is 0 Å². The van der Waals surface area contributed by atoms with Crippen LogP contribution < -0.4 is 5.32 Å². The van der Waals surface area contributed by atoms with Gasteiger partial charge in [-0.2, -0.15) is 5.26 Å². The van der Waals surface area contributed by atoms with E-state index in [4.69, 9.17) is 9.68 Å². The Kier molecular flexibility index (Phi) is 5.36. The van der Waals surface area contributed by atoms with E-state index in [0.29, 0.717) is 5.22 Å². The van der Waals surface area contributed by atoms with Gasteiger partial charge >= 0.3 is 0 Å². The lowest BCUT2D eigenvalue weighted by molar-refractivity contribution is 0.431. The van der Waals surface area contributed by atoms with E-state index < -0.39 is 0 Å². The summed E-state index contributed by atoms with van der Waals surface area (Å²) in [7, 11) is 0. The Hall–Kier alpha value is -0.990. The van der Waals surface area contributed by atoms with Crippen LogP contribution in [-0.2, 0) is 0 Å². The second-order valence-corrected chi connectivity index (χ2v) is 4.54. The molecular weight excluding hydrogens is 222 g/mol. The third-order valence-corrected chi connectivity index (χ3v) is 3.11. The summed E-state index contributed by atoms with van der Waals surface area (Å²) in [6.07, 6.45) is 0.801. The van der Waals surface area contributed by atoms with Crippen molar-refractivity contribution in [1.29, 1.82) is 5.26 Å². The van der Waals surface area contributed by atoms with Crippen molar-refractivity contribution in [3.05, 3.63) is 11.5 Å². The van der Waals surface area contributed by atoms with Gasteiger partial charge in [-0.15, -0.1) is 0 Å². The summed E-state index contributed by atoms with van der Waals surface area (Å²) in [5.41, 5.74) is 0.936. The van der Waals surface area contributed by atoms with Crippen LogP contribution >= 0.6 is 11.8 Å². The molecule has 1 aromatic heterocycles. The van der Waals surface area contributed by atoms with Crippen LogP contribution in [0.1, 0.15) is 24.8 Å². The van der Waals surface area contributed by atoms with Crippen molar-refractivity contribution >= 4 is 11.8 Å². The van der Waals surface area contributed by atoms with Crippen LogP contribution in [0.5, 0.6) is 0 Å². The normalized spacial score (nSPS) is 12.4. The fourth-order valence-corrected chi connectivity index (χ4v) is 2.14. The van der Waals surface area contributed by atoms with Crippen LogP contribution in [0, 0.1) is 25.2 Å². The molecule has 0 saturated heterocycles. The van der Waals surface area contributed by atoms with E-state index in [1.165, 1.54) is 0 Å². The van der Waals surface area contributed by atoms with Gasteiger partial charge in [0.2, 0.25) is 0 Å². The van der Waals surface area contributed by atoms with Crippen molar-refractivity contribution < 1.29 is 4.42 Å². The number of hydrogen-bond donors (Lipinski definition) is 1. The molecule has 0 spiro atoms. The molecule has 5 heteroatoms. The molecule has 1 rings (SSSR count). The number of aromatic nitrogens is 1. The van der Waals surface area contributed by atoms with Gasteiger partial charge in [-0.1, -0.05) is 18.7 Å². The van der Waals surface area contributed by atoms with Gasteiger partial charge in [0.1, 0.15) is 5.76 Å². The van der Waals surface area contributed by atoms with E-state index in [9.17, 15) is 0 Å². The van der Waals surface area contributed by atoms with Crippen LogP contribution in [0.4, 0.5) is 0 Å². The van der Waals surface area contributed by atoms with Crippen molar-refractivity contribution in [1.82, 2.24) is 10.3 Å². The van der Waals surface area contributed by atoms with E-state index in [1.54, 1.807) is 11.8 Å². The molecular formula is C11H17N3OS. The van der Waals surface area contributed by atoms with Crippen LogP contribution in [-0.4, -0.2) is 23.3 Å². The molecule has 88 valence electrons. The molecule has 1 heterocycles. The molecule has 1 atom stereocenters. The lowest BCUT2D eigenvalue weighted by Crippen LogP contribution is -2.27. The largest absolute Gasteiger partial charge is 0.437 e. The lowest BCUT2D eigenvalue weighted by Gasteiger charge is -2.07. The van der Waals surface area contributed by atoms with Gasteiger partial charge in [0.05, 0.1) is 17.8 Å². The molecule has 0 bridgehead atoms. The van der Waals surface area contributed by atoms with Gasteiger partial charge in [0.15, 0.2) is 0 Å². The molecule has 0 fully saturated rings. The fourth-order valence-electron chi connectivity index (χ4n) is 1.23. The maximum Gasteiger partial charge on any atom is 0.256 e. The molecule has 1 aromatic rings. The molecule has 4 nitrogen and oxygen atoms in total. The average molecular weight is 239 g/mol. The summed E-state index contributed by atoms with van der Waals surface area (Å²) in [5.74, 6) is 1.70. The maximum atomic E-state index is 8.84. The van der Waals surface area contributed by atoms with Crippen molar-refractivity contribution in [3.63, 3.8) is 0 Å². The summed E-state index contributed by atoms with van der Waals surface area (Å²) in [6.45, 7) is 6.65. The Labute approximate surface area is 100 Å². The first-order valence-corrected chi connectivity index (χ1v) is 6.35. The highest BCUT2D eigenvalue weighted by Crippen LogP contribution is 2.20. The maximum absolute atomic E-state index is 8.84. The zero-order chi connectivity index (χ0) is 12.0. The van der Waals surface area contributed by atoms with Crippen molar-refractivity contribution in [3.8, 4) is 6.07 Å². The SMILES string of the molecule is CCNC(C#N)CCSc1nc(C)c(C)o1. The standard InChI is InChI=1S/C11H17N3OS/c1-4-13-10(7-12)5-6-16-11-14-8(2)9(3)15-11/h10,13H,4-6H2,1-3H3. The number of nitrogens with one attached hydrogen (secondary N) is 1. The zero-order valence-corrected chi connectivity index (χ0v) is 10.7.